The summed E-state index contributed by atoms with van der Waals surface area (Å²) >= 11 is 2.95. The number of nitrogens with zero attached hydrogens (tertiary/aromatic N) is 4. The normalized spacial score (nSPS) is 15.8. The second kappa shape index (κ2) is 9.44. The van der Waals surface area contributed by atoms with Crippen LogP contribution in [0.2, 0.25) is 0 Å². The Bertz CT molecular complexity index is 1160. The molecular weight excluding hydrogens is 466 g/mol. The molecule has 1 amide bonds. The maximum absolute atomic E-state index is 12.9. The van der Waals surface area contributed by atoms with Crippen LogP contribution in [0.5, 0.6) is 0 Å². The monoisotopic (exact) mass is 493 g/mol. The van der Waals surface area contributed by atoms with Gasteiger partial charge in [0.1, 0.15) is 4.83 Å². The number of thiazole rings is 1. The summed E-state index contributed by atoms with van der Waals surface area (Å²) in [6.45, 7) is 8.39. The number of carbonyl (C=O) groups is 1. The van der Waals surface area contributed by atoms with Gasteiger partial charge in [0.05, 0.1) is 14.5 Å². The Morgan fingerprint density at radius 1 is 1.09 bits per heavy atom. The maximum atomic E-state index is 12.9. The first-order valence-electron chi connectivity index (χ1n) is 10.6. The third kappa shape index (κ3) is 4.67. The molecule has 1 N–H and O–H groups in total. The van der Waals surface area contributed by atoms with E-state index < -0.39 is 10.0 Å². The number of likely N-dealkylation sites (N-methyl/N-ethyl adjacent to an activating group) is 1. The number of carbonyl (C=O) groups excluding carboxylic acids is 1. The van der Waals surface area contributed by atoms with Gasteiger partial charge in [0.25, 0.3) is 5.91 Å². The van der Waals surface area contributed by atoms with Gasteiger partial charge in [0.2, 0.25) is 10.0 Å². The van der Waals surface area contributed by atoms with Crippen molar-refractivity contribution in [2.45, 2.75) is 18.7 Å². The quantitative estimate of drug-likeness (QED) is 0.543. The molecule has 4 rings (SSSR count). The van der Waals surface area contributed by atoms with Crippen molar-refractivity contribution in [2.24, 2.45) is 0 Å². The number of thiophene rings is 1. The van der Waals surface area contributed by atoms with Crippen molar-refractivity contribution in [2.75, 3.05) is 56.5 Å². The molecule has 1 aliphatic heterocycles. The minimum atomic E-state index is -3.52. The topological polar surface area (TPSA) is 85.8 Å². The first kappa shape index (κ1) is 23.1. The van der Waals surface area contributed by atoms with E-state index in [-0.39, 0.29) is 10.8 Å². The largest absolute Gasteiger partial charge is 0.349 e. The van der Waals surface area contributed by atoms with Crippen molar-refractivity contribution in [1.29, 1.82) is 0 Å². The predicted octanol–water partition coefficient (Wildman–Crippen LogP) is 3.39. The number of rotatable bonds is 7. The van der Waals surface area contributed by atoms with Crippen LogP contribution in [0.1, 0.15) is 23.5 Å². The summed E-state index contributed by atoms with van der Waals surface area (Å²) in [6, 6.07) is 8.23. The van der Waals surface area contributed by atoms with Gasteiger partial charge in [-0.25, -0.2) is 13.4 Å². The Morgan fingerprint density at radius 2 is 1.75 bits per heavy atom. The SMILES string of the molecule is CCN(CC)c1nc2sc(C(=O)Nc3ccc(S(=O)(=O)N4CCN(C)CC4)cc3)cc2s1. The van der Waals surface area contributed by atoms with Gasteiger partial charge in [-0.3, -0.25) is 4.79 Å². The van der Waals surface area contributed by atoms with E-state index in [9.17, 15) is 13.2 Å². The average Bonchev–Trinajstić information content (AvgIpc) is 3.35. The zero-order valence-corrected chi connectivity index (χ0v) is 20.8. The number of benzene rings is 1. The van der Waals surface area contributed by atoms with Crippen LogP contribution in [0.4, 0.5) is 10.8 Å². The van der Waals surface area contributed by atoms with E-state index in [4.69, 9.17) is 0 Å². The van der Waals surface area contributed by atoms with Crippen molar-refractivity contribution in [3.8, 4) is 0 Å². The Hall–Kier alpha value is -2.05. The van der Waals surface area contributed by atoms with Gasteiger partial charge in [-0.15, -0.1) is 11.3 Å². The van der Waals surface area contributed by atoms with E-state index in [0.29, 0.717) is 23.7 Å². The van der Waals surface area contributed by atoms with Gasteiger partial charge in [0, 0.05) is 45.0 Å². The zero-order chi connectivity index (χ0) is 22.9. The van der Waals surface area contributed by atoms with E-state index in [2.05, 4.69) is 33.9 Å². The fraction of sp³-hybridized carbons (Fsp3) is 0.429. The molecule has 1 aliphatic rings. The number of anilines is 2. The van der Waals surface area contributed by atoms with Crippen molar-refractivity contribution < 1.29 is 13.2 Å². The van der Waals surface area contributed by atoms with Crippen LogP contribution in [0.3, 0.4) is 0 Å². The van der Waals surface area contributed by atoms with E-state index in [1.165, 1.54) is 15.6 Å². The Balaban J connectivity index is 1.44. The highest BCUT2D eigenvalue weighted by atomic mass is 32.2. The predicted molar refractivity (Wildman–Crippen MR) is 132 cm³/mol. The molecule has 0 unspecified atom stereocenters. The van der Waals surface area contributed by atoms with Gasteiger partial charge in [0.15, 0.2) is 5.13 Å². The second-order valence-corrected chi connectivity index (χ2v) is 11.6. The lowest BCUT2D eigenvalue weighted by Crippen LogP contribution is -2.46. The van der Waals surface area contributed by atoms with Crippen molar-refractivity contribution in [3.05, 3.63) is 35.2 Å². The summed E-state index contributed by atoms with van der Waals surface area (Å²) in [7, 11) is -1.54. The lowest BCUT2D eigenvalue weighted by molar-refractivity contribution is 0.103. The molecule has 2 aromatic heterocycles. The molecular formula is C21H27N5O3S3. The molecule has 1 aromatic carbocycles. The summed E-state index contributed by atoms with van der Waals surface area (Å²) in [5.74, 6) is -0.223. The van der Waals surface area contributed by atoms with E-state index >= 15 is 0 Å². The Kier molecular flexibility index (Phi) is 6.82. The third-order valence-electron chi connectivity index (χ3n) is 5.55. The van der Waals surface area contributed by atoms with Crippen LogP contribution >= 0.6 is 22.7 Å². The third-order valence-corrected chi connectivity index (χ3v) is 9.68. The van der Waals surface area contributed by atoms with Gasteiger partial charge >= 0.3 is 0 Å². The van der Waals surface area contributed by atoms with Gasteiger partial charge in [-0.1, -0.05) is 11.3 Å². The molecule has 0 bridgehead atoms. The molecule has 3 aromatic rings. The highest BCUT2D eigenvalue weighted by Gasteiger charge is 2.27. The van der Waals surface area contributed by atoms with Gasteiger partial charge < -0.3 is 15.1 Å². The van der Waals surface area contributed by atoms with E-state index in [0.717, 1.165) is 40.8 Å². The summed E-state index contributed by atoms with van der Waals surface area (Å²) in [6.07, 6.45) is 0. The first-order valence-corrected chi connectivity index (χ1v) is 13.6. The lowest BCUT2D eigenvalue weighted by Gasteiger charge is -2.31. The molecule has 3 heterocycles. The molecule has 0 aliphatic carbocycles. The molecule has 1 fully saturated rings. The van der Waals surface area contributed by atoms with Crippen LogP contribution < -0.4 is 10.2 Å². The van der Waals surface area contributed by atoms with Gasteiger partial charge in [-0.05, 0) is 51.2 Å². The zero-order valence-electron chi connectivity index (χ0n) is 18.4. The first-order chi connectivity index (χ1) is 15.3. The molecule has 0 saturated carbocycles. The lowest BCUT2D eigenvalue weighted by atomic mass is 10.3. The summed E-state index contributed by atoms with van der Waals surface area (Å²) < 4.78 is 28.2. The van der Waals surface area contributed by atoms with Crippen molar-refractivity contribution in [3.63, 3.8) is 0 Å². The number of fused-ring (bicyclic) bond motifs is 1. The van der Waals surface area contributed by atoms with Crippen molar-refractivity contribution >= 4 is 59.0 Å². The fourth-order valence-corrected chi connectivity index (χ4v) is 7.20. The van der Waals surface area contributed by atoms with Crippen LogP contribution in [0.15, 0.2) is 35.2 Å². The number of amides is 1. The number of hydrogen-bond donors (Lipinski definition) is 1. The minimum absolute atomic E-state index is 0.223. The number of hydrogen-bond acceptors (Lipinski definition) is 8. The fourth-order valence-electron chi connectivity index (χ4n) is 3.55. The molecule has 0 atom stereocenters. The number of nitrogens with one attached hydrogen (secondary N) is 1. The molecule has 32 heavy (non-hydrogen) atoms. The minimum Gasteiger partial charge on any atom is -0.349 e. The maximum Gasteiger partial charge on any atom is 0.265 e. The van der Waals surface area contributed by atoms with Crippen LogP contribution in [0.25, 0.3) is 9.53 Å². The summed E-state index contributed by atoms with van der Waals surface area (Å²) in [5.41, 5.74) is 0.556. The standard InChI is InChI=1S/C21H27N5O3S3/c1-4-25(5-2)21-23-20-18(31-21)14-17(30-20)19(27)22-15-6-8-16(9-7-15)32(28,29)26-12-10-24(3)11-13-26/h6-9,14H,4-5,10-13H2,1-3H3,(H,22,27). The highest BCUT2D eigenvalue weighted by Crippen LogP contribution is 2.35. The molecule has 0 radical (unpaired) electrons. The van der Waals surface area contributed by atoms with Crippen LogP contribution in [-0.2, 0) is 10.0 Å². The molecule has 8 nitrogen and oxygen atoms in total. The molecule has 11 heteroatoms. The molecule has 1 saturated heterocycles. The number of piperazine rings is 1. The Labute approximate surface area is 196 Å². The molecule has 172 valence electrons. The van der Waals surface area contributed by atoms with E-state index in [1.807, 2.05) is 13.1 Å². The van der Waals surface area contributed by atoms with Crippen LogP contribution in [-0.4, -0.2) is 74.8 Å². The van der Waals surface area contributed by atoms with Crippen LogP contribution in [0, 0.1) is 0 Å². The average molecular weight is 494 g/mol. The summed E-state index contributed by atoms with van der Waals surface area (Å²) in [5, 5.41) is 3.83. The number of sulfonamides is 1. The smallest absolute Gasteiger partial charge is 0.265 e. The second-order valence-electron chi connectivity index (χ2n) is 7.63. The van der Waals surface area contributed by atoms with E-state index in [1.54, 1.807) is 35.6 Å². The molecule has 0 spiro atoms. The number of aromatic nitrogens is 1. The van der Waals surface area contributed by atoms with Crippen molar-refractivity contribution in [1.82, 2.24) is 14.2 Å². The highest BCUT2D eigenvalue weighted by molar-refractivity contribution is 7.89. The summed E-state index contributed by atoms with van der Waals surface area (Å²) in [4.78, 5) is 23.3. The Morgan fingerprint density at radius 3 is 2.34 bits per heavy atom. The van der Waals surface area contributed by atoms with Gasteiger partial charge in [-0.2, -0.15) is 4.31 Å².